The number of nitrogens with one attached hydrogen (secondary N) is 1. The molecule has 1 amide bonds. The standard InChI is InChI=1S/C5H7Cl2NO2/c1-10-4(9)8-3-2-5(3,6)7/h3H,2H2,1H3,(H,8,9). The minimum Gasteiger partial charge on any atom is -0.453 e. The molecule has 1 fully saturated rings. The van der Waals surface area contributed by atoms with Gasteiger partial charge in [0.05, 0.1) is 13.2 Å². The summed E-state index contributed by atoms with van der Waals surface area (Å²) < 4.78 is 3.56. The lowest BCUT2D eigenvalue weighted by atomic mass is 10.7. The maximum absolute atomic E-state index is 10.5. The number of ether oxygens (including phenoxy) is 1. The number of methoxy groups -OCH3 is 1. The largest absolute Gasteiger partial charge is 0.453 e. The Bertz CT molecular complexity index is 160. The molecule has 0 spiro atoms. The molecule has 1 atom stereocenters. The van der Waals surface area contributed by atoms with Crippen LogP contribution in [0.1, 0.15) is 6.42 Å². The van der Waals surface area contributed by atoms with Gasteiger partial charge in [-0.3, -0.25) is 0 Å². The van der Waals surface area contributed by atoms with Crippen LogP contribution in [0.3, 0.4) is 0 Å². The van der Waals surface area contributed by atoms with Crippen molar-refractivity contribution in [1.82, 2.24) is 5.32 Å². The lowest BCUT2D eigenvalue weighted by Crippen LogP contribution is -2.28. The first-order valence-corrected chi connectivity index (χ1v) is 3.54. The van der Waals surface area contributed by atoms with Gasteiger partial charge >= 0.3 is 6.09 Å². The second-order valence-corrected chi connectivity index (χ2v) is 3.70. The predicted octanol–water partition coefficient (Wildman–Crippen LogP) is 1.29. The van der Waals surface area contributed by atoms with Crippen LogP contribution in [-0.2, 0) is 4.74 Å². The van der Waals surface area contributed by atoms with E-state index in [9.17, 15) is 4.79 Å². The summed E-state index contributed by atoms with van der Waals surface area (Å²) in [4.78, 5) is 10.5. The molecule has 0 saturated heterocycles. The number of amides is 1. The van der Waals surface area contributed by atoms with Crippen molar-refractivity contribution in [2.45, 2.75) is 16.8 Å². The maximum atomic E-state index is 10.5. The van der Waals surface area contributed by atoms with E-state index in [2.05, 4.69) is 10.1 Å². The van der Waals surface area contributed by atoms with Crippen molar-refractivity contribution in [3.8, 4) is 0 Å². The smallest absolute Gasteiger partial charge is 0.407 e. The van der Waals surface area contributed by atoms with Gasteiger partial charge in [-0.15, -0.1) is 0 Å². The Morgan fingerprint density at radius 3 is 2.60 bits per heavy atom. The molecule has 0 aromatic heterocycles. The fraction of sp³-hybridized carbons (Fsp3) is 0.800. The number of hydrogen-bond donors (Lipinski definition) is 1. The van der Waals surface area contributed by atoms with Crippen LogP contribution in [-0.4, -0.2) is 23.6 Å². The first-order chi connectivity index (χ1) is 4.56. The molecule has 0 bridgehead atoms. The highest BCUT2D eigenvalue weighted by molar-refractivity contribution is 6.51. The van der Waals surface area contributed by atoms with Crippen LogP contribution in [0.2, 0.25) is 0 Å². The molecule has 1 saturated carbocycles. The number of halogens is 2. The van der Waals surface area contributed by atoms with Gasteiger partial charge in [-0.2, -0.15) is 0 Å². The van der Waals surface area contributed by atoms with Crippen LogP contribution in [0.4, 0.5) is 4.79 Å². The number of alkyl carbamates (subject to hydrolysis) is 1. The molecule has 1 rings (SSSR count). The topological polar surface area (TPSA) is 38.3 Å². The van der Waals surface area contributed by atoms with E-state index in [1.54, 1.807) is 0 Å². The highest BCUT2D eigenvalue weighted by Gasteiger charge is 2.52. The fourth-order valence-electron chi connectivity index (χ4n) is 0.571. The first kappa shape index (κ1) is 7.95. The summed E-state index contributed by atoms with van der Waals surface area (Å²) in [5.41, 5.74) is 0. The van der Waals surface area contributed by atoms with Crippen molar-refractivity contribution in [2.24, 2.45) is 0 Å². The van der Waals surface area contributed by atoms with E-state index in [0.29, 0.717) is 6.42 Å². The summed E-state index contributed by atoms with van der Waals surface area (Å²) in [5, 5.41) is 2.47. The third-order valence-corrected chi connectivity index (χ3v) is 2.14. The molecule has 0 aromatic carbocycles. The normalized spacial score (nSPS) is 27.3. The van der Waals surface area contributed by atoms with E-state index in [-0.39, 0.29) is 6.04 Å². The van der Waals surface area contributed by atoms with Crippen LogP contribution in [0, 0.1) is 0 Å². The van der Waals surface area contributed by atoms with Gasteiger partial charge in [-0.25, -0.2) is 4.79 Å². The molecular weight excluding hydrogens is 177 g/mol. The molecule has 1 aliphatic carbocycles. The average Bonchev–Trinajstić information content (AvgIpc) is 2.40. The molecule has 0 heterocycles. The number of carbonyl (C=O) groups excluding carboxylic acids is 1. The third kappa shape index (κ3) is 1.67. The lowest BCUT2D eigenvalue weighted by molar-refractivity contribution is 0.170. The Hall–Kier alpha value is -0.150. The fourth-order valence-corrected chi connectivity index (χ4v) is 0.989. The van der Waals surface area contributed by atoms with E-state index in [4.69, 9.17) is 23.2 Å². The van der Waals surface area contributed by atoms with Gasteiger partial charge in [-0.05, 0) is 0 Å². The average molecular weight is 184 g/mol. The van der Waals surface area contributed by atoms with Gasteiger partial charge in [-0.1, -0.05) is 23.2 Å². The summed E-state index contributed by atoms with van der Waals surface area (Å²) in [7, 11) is 1.29. The zero-order chi connectivity index (χ0) is 7.78. The SMILES string of the molecule is COC(=O)NC1CC1(Cl)Cl. The second kappa shape index (κ2) is 2.47. The van der Waals surface area contributed by atoms with E-state index in [0.717, 1.165) is 0 Å². The van der Waals surface area contributed by atoms with Crippen LogP contribution >= 0.6 is 23.2 Å². The minimum absolute atomic E-state index is 0.150. The molecule has 1 N–H and O–H groups in total. The van der Waals surface area contributed by atoms with Gasteiger partial charge in [0.2, 0.25) is 0 Å². The summed E-state index contributed by atoms with van der Waals surface area (Å²) >= 11 is 11.2. The molecule has 10 heavy (non-hydrogen) atoms. The Labute approximate surface area is 68.6 Å². The van der Waals surface area contributed by atoms with Crippen molar-refractivity contribution in [2.75, 3.05) is 7.11 Å². The van der Waals surface area contributed by atoms with Gasteiger partial charge in [0.1, 0.15) is 4.33 Å². The molecule has 5 heteroatoms. The molecular formula is C5H7Cl2NO2. The second-order valence-electron chi connectivity index (χ2n) is 2.15. The van der Waals surface area contributed by atoms with Crippen molar-refractivity contribution in [3.63, 3.8) is 0 Å². The van der Waals surface area contributed by atoms with Gasteiger partial charge < -0.3 is 10.1 Å². The Balaban J connectivity index is 2.24. The molecule has 1 unspecified atom stereocenters. The highest BCUT2D eigenvalue weighted by atomic mass is 35.5. The van der Waals surface area contributed by atoms with E-state index < -0.39 is 10.4 Å². The summed E-state index contributed by atoms with van der Waals surface area (Å²) in [6, 6.07) is -0.150. The first-order valence-electron chi connectivity index (χ1n) is 2.78. The summed E-state index contributed by atoms with van der Waals surface area (Å²) in [5.74, 6) is 0. The van der Waals surface area contributed by atoms with Crippen LogP contribution in [0.5, 0.6) is 0 Å². The van der Waals surface area contributed by atoms with Crippen molar-refractivity contribution in [1.29, 1.82) is 0 Å². The molecule has 1 aliphatic rings. The quantitative estimate of drug-likeness (QED) is 0.623. The third-order valence-electron chi connectivity index (χ3n) is 1.30. The molecule has 58 valence electrons. The maximum Gasteiger partial charge on any atom is 0.407 e. The van der Waals surface area contributed by atoms with Crippen LogP contribution < -0.4 is 5.32 Å². The van der Waals surface area contributed by atoms with E-state index in [1.807, 2.05) is 0 Å². The monoisotopic (exact) mass is 183 g/mol. The predicted molar refractivity (Wildman–Crippen MR) is 38.4 cm³/mol. The molecule has 0 aliphatic heterocycles. The van der Waals surface area contributed by atoms with Gasteiger partial charge in [0.15, 0.2) is 0 Å². The van der Waals surface area contributed by atoms with E-state index >= 15 is 0 Å². The Morgan fingerprint density at radius 2 is 2.30 bits per heavy atom. The summed E-state index contributed by atoms with van der Waals surface area (Å²) in [6.07, 6.45) is 0.0961. The van der Waals surface area contributed by atoms with Crippen LogP contribution in [0.15, 0.2) is 0 Å². The number of rotatable bonds is 1. The van der Waals surface area contributed by atoms with Crippen molar-refractivity contribution in [3.05, 3.63) is 0 Å². The molecule has 3 nitrogen and oxygen atoms in total. The van der Waals surface area contributed by atoms with Crippen molar-refractivity contribution < 1.29 is 9.53 Å². The zero-order valence-electron chi connectivity index (χ0n) is 5.36. The van der Waals surface area contributed by atoms with E-state index in [1.165, 1.54) is 7.11 Å². The number of alkyl halides is 2. The summed E-state index contributed by atoms with van der Waals surface area (Å²) in [6.45, 7) is 0. The molecule has 0 radical (unpaired) electrons. The van der Waals surface area contributed by atoms with Crippen molar-refractivity contribution >= 4 is 29.3 Å². The number of hydrogen-bond acceptors (Lipinski definition) is 2. The zero-order valence-corrected chi connectivity index (χ0v) is 6.87. The lowest BCUT2D eigenvalue weighted by Gasteiger charge is -2.01. The Morgan fingerprint density at radius 1 is 1.80 bits per heavy atom. The Kier molecular flexibility index (Phi) is 1.97. The highest BCUT2D eigenvalue weighted by Crippen LogP contribution is 2.46. The minimum atomic E-state index is -0.770. The van der Waals surface area contributed by atoms with Gasteiger partial charge in [0.25, 0.3) is 0 Å². The molecule has 0 aromatic rings. The number of carbonyl (C=O) groups is 1. The van der Waals surface area contributed by atoms with Crippen LogP contribution in [0.25, 0.3) is 0 Å². The van der Waals surface area contributed by atoms with Gasteiger partial charge in [0, 0.05) is 6.42 Å².